The number of anilines is 2. The van der Waals surface area contributed by atoms with Gasteiger partial charge < -0.3 is 20.3 Å². The van der Waals surface area contributed by atoms with Gasteiger partial charge in [0, 0.05) is 24.2 Å². The molecule has 1 unspecified atom stereocenters. The minimum atomic E-state index is -1.05. The lowest BCUT2D eigenvalue weighted by atomic mass is 9.83. The van der Waals surface area contributed by atoms with Crippen molar-refractivity contribution in [1.82, 2.24) is 5.32 Å². The molecule has 2 aromatic carbocycles. The Hall–Kier alpha value is -3.68. The number of rotatable bonds is 5. The number of fused-ring (bicyclic) bond motifs is 1. The van der Waals surface area contributed by atoms with Gasteiger partial charge in [-0.15, -0.1) is 0 Å². The minimum absolute atomic E-state index is 0.253. The van der Waals surface area contributed by atoms with Crippen molar-refractivity contribution in [3.63, 3.8) is 0 Å². The predicted octanol–water partition coefficient (Wildman–Crippen LogP) is 4.36. The number of urea groups is 1. The van der Waals surface area contributed by atoms with E-state index in [1.807, 2.05) is 24.3 Å². The van der Waals surface area contributed by atoms with Crippen molar-refractivity contribution >= 4 is 35.0 Å². The van der Waals surface area contributed by atoms with E-state index in [1.54, 1.807) is 37.1 Å². The van der Waals surface area contributed by atoms with Gasteiger partial charge >= 0.3 is 12.0 Å². The van der Waals surface area contributed by atoms with E-state index in [0.29, 0.717) is 11.3 Å². The van der Waals surface area contributed by atoms with Crippen LogP contribution in [0, 0.1) is 5.92 Å². The van der Waals surface area contributed by atoms with Gasteiger partial charge in [-0.25, -0.2) is 9.59 Å². The van der Waals surface area contributed by atoms with E-state index in [-0.39, 0.29) is 18.4 Å². The molecule has 0 radical (unpaired) electrons. The van der Waals surface area contributed by atoms with Gasteiger partial charge in [0.15, 0.2) is 0 Å². The number of nitrogens with zero attached hydrogens (tertiary/aromatic N) is 2. The Labute approximate surface area is 199 Å². The zero-order chi connectivity index (χ0) is 24.1. The number of amides is 3. The first-order valence-corrected chi connectivity index (χ1v) is 11.8. The molecular formula is C26H30N4O4. The summed E-state index contributed by atoms with van der Waals surface area (Å²) in [6, 6.07) is 13.6. The maximum absolute atomic E-state index is 13.3. The number of hydrogen-bond donors (Lipinski definition) is 2. The number of carbonyl (C=O) groups is 3. The summed E-state index contributed by atoms with van der Waals surface area (Å²) in [6.45, 7) is 1.99. The van der Waals surface area contributed by atoms with E-state index in [4.69, 9.17) is 9.73 Å². The number of nitrogens with one attached hydrogen (secondary N) is 2. The summed E-state index contributed by atoms with van der Waals surface area (Å²) in [5, 5.41) is 5.42. The molecule has 1 fully saturated rings. The molecule has 8 nitrogen and oxygen atoms in total. The normalized spacial score (nSPS) is 18.4. The Morgan fingerprint density at radius 2 is 1.85 bits per heavy atom. The number of esters is 1. The molecule has 4 rings (SSSR count). The van der Waals surface area contributed by atoms with Crippen molar-refractivity contribution in [2.75, 3.05) is 23.9 Å². The standard InChI is InChI=1S/C26H30N4O4/c1-3-34-25(32)18-12-9-13-19(16-18)27-26(33)29-23-24(31)30(2)21-15-8-7-14-20(21)22(28-23)17-10-5-4-6-11-17/h7-9,12-17,23H,3-6,10-11H2,1-2H3,(H2,27,29,33). The summed E-state index contributed by atoms with van der Waals surface area (Å²) in [5.41, 5.74) is 3.36. The number of para-hydroxylation sites is 1. The number of aliphatic imine (C=N–C) groups is 1. The molecule has 34 heavy (non-hydrogen) atoms. The van der Waals surface area contributed by atoms with Gasteiger partial charge in [-0.2, -0.15) is 0 Å². The summed E-state index contributed by atoms with van der Waals surface area (Å²) in [7, 11) is 1.70. The number of ether oxygens (including phenoxy) is 1. The van der Waals surface area contributed by atoms with Crippen molar-refractivity contribution in [1.29, 1.82) is 0 Å². The van der Waals surface area contributed by atoms with Crippen LogP contribution in [0.2, 0.25) is 0 Å². The predicted molar refractivity (Wildman–Crippen MR) is 131 cm³/mol. The highest BCUT2D eigenvalue weighted by Crippen LogP contribution is 2.33. The SMILES string of the molecule is CCOC(=O)c1cccc(NC(=O)NC2N=C(C3CCCCC3)c3ccccc3N(C)C2=O)c1. The van der Waals surface area contributed by atoms with E-state index in [0.717, 1.165) is 42.6 Å². The second kappa shape index (κ2) is 10.5. The molecule has 1 saturated carbocycles. The summed E-state index contributed by atoms with van der Waals surface area (Å²) < 4.78 is 5.01. The zero-order valence-electron chi connectivity index (χ0n) is 19.5. The average molecular weight is 463 g/mol. The Morgan fingerprint density at radius 1 is 1.09 bits per heavy atom. The van der Waals surface area contributed by atoms with Gasteiger partial charge in [-0.1, -0.05) is 43.5 Å². The summed E-state index contributed by atoms with van der Waals surface area (Å²) >= 11 is 0. The molecule has 3 amide bonds. The van der Waals surface area contributed by atoms with Crippen molar-refractivity contribution in [3.05, 3.63) is 59.7 Å². The fourth-order valence-corrected chi connectivity index (χ4v) is 4.57. The van der Waals surface area contributed by atoms with Gasteiger partial charge in [0.1, 0.15) is 0 Å². The van der Waals surface area contributed by atoms with E-state index in [9.17, 15) is 14.4 Å². The Morgan fingerprint density at radius 3 is 2.62 bits per heavy atom. The van der Waals surface area contributed by atoms with Gasteiger partial charge in [0.05, 0.1) is 23.6 Å². The van der Waals surface area contributed by atoms with Crippen molar-refractivity contribution in [2.45, 2.75) is 45.2 Å². The monoisotopic (exact) mass is 462 g/mol. The molecule has 2 aromatic rings. The third-order valence-corrected chi connectivity index (χ3v) is 6.27. The first-order valence-electron chi connectivity index (χ1n) is 11.8. The van der Waals surface area contributed by atoms with Gasteiger partial charge in [0.2, 0.25) is 6.17 Å². The fourth-order valence-electron chi connectivity index (χ4n) is 4.57. The van der Waals surface area contributed by atoms with Crippen LogP contribution in [0.4, 0.5) is 16.2 Å². The second-order valence-corrected chi connectivity index (χ2v) is 8.57. The van der Waals surface area contributed by atoms with Crippen LogP contribution in [0.1, 0.15) is 54.9 Å². The number of carbonyl (C=O) groups excluding carboxylic acids is 3. The lowest BCUT2D eigenvalue weighted by molar-refractivity contribution is -0.119. The molecule has 0 aromatic heterocycles. The molecule has 0 spiro atoms. The first kappa shape index (κ1) is 23.5. The summed E-state index contributed by atoms with van der Waals surface area (Å²) in [6.07, 6.45) is 4.45. The van der Waals surface area contributed by atoms with Gasteiger partial charge in [-0.05, 0) is 44.0 Å². The molecular weight excluding hydrogens is 432 g/mol. The van der Waals surface area contributed by atoms with Crippen molar-refractivity contribution in [3.8, 4) is 0 Å². The fraction of sp³-hybridized carbons (Fsp3) is 0.385. The van der Waals surface area contributed by atoms with Crippen LogP contribution in [0.15, 0.2) is 53.5 Å². The number of benzodiazepines with no additional fused rings is 1. The third-order valence-electron chi connectivity index (χ3n) is 6.27. The molecule has 2 N–H and O–H groups in total. The Balaban J connectivity index is 1.57. The number of likely N-dealkylation sites (N-methyl/N-ethyl adjacent to an activating group) is 1. The highest BCUT2D eigenvalue weighted by atomic mass is 16.5. The highest BCUT2D eigenvalue weighted by Gasteiger charge is 2.33. The smallest absolute Gasteiger partial charge is 0.338 e. The maximum Gasteiger partial charge on any atom is 0.338 e. The molecule has 1 atom stereocenters. The third kappa shape index (κ3) is 5.11. The molecule has 8 heteroatoms. The average Bonchev–Trinajstić information content (AvgIpc) is 2.95. The van der Waals surface area contributed by atoms with Crippen LogP contribution in [-0.4, -0.2) is 43.4 Å². The van der Waals surface area contributed by atoms with Crippen LogP contribution in [0.25, 0.3) is 0 Å². The molecule has 1 aliphatic heterocycles. The Bertz CT molecular complexity index is 1110. The lowest BCUT2D eigenvalue weighted by Crippen LogP contribution is -2.47. The summed E-state index contributed by atoms with van der Waals surface area (Å²) in [4.78, 5) is 44.4. The molecule has 0 bridgehead atoms. The van der Waals surface area contributed by atoms with E-state index in [1.165, 1.54) is 12.5 Å². The molecule has 1 heterocycles. The largest absolute Gasteiger partial charge is 0.462 e. The van der Waals surface area contributed by atoms with Crippen molar-refractivity contribution in [2.24, 2.45) is 10.9 Å². The number of benzene rings is 2. The van der Waals surface area contributed by atoms with Crippen LogP contribution in [0.3, 0.4) is 0 Å². The van der Waals surface area contributed by atoms with Crippen molar-refractivity contribution < 1.29 is 19.1 Å². The minimum Gasteiger partial charge on any atom is -0.462 e. The zero-order valence-corrected chi connectivity index (χ0v) is 19.5. The lowest BCUT2D eigenvalue weighted by Gasteiger charge is -2.25. The number of hydrogen-bond acceptors (Lipinski definition) is 5. The van der Waals surface area contributed by atoms with Gasteiger partial charge in [0.25, 0.3) is 5.91 Å². The van der Waals surface area contributed by atoms with Crippen LogP contribution in [-0.2, 0) is 9.53 Å². The first-order chi connectivity index (χ1) is 16.5. The second-order valence-electron chi connectivity index (χ2n) is 8.57. The maximum atomic E-state index is 13.3. The van der Waals surface area contributed by atoms with E-state index >= 15 is 0 Å². The molecule has 1 aliphatic carbocycles. The molecule has 2 aliphatic rings. The highest BCUT2D eigenvalue weighted by molar-refractivity contribution is 6.14. The van der Waals surface area contributed by atoms with Gasteiger partial charge in [-0.3, -0.25) is 9.79 Å². The Kier molecular flexibility index (Phi) is 7.25. The van der Waals surface area contributed by atoms with E-state index in [2.05, 4.69) is 10.6 Å². The quantitative estimate of drug-likeness (QED) is 0.645. The molecule has 178 valence electrons. The van der Waals surface area contributed by atoms with Crippen LogP contribution < -0.4 is 15.5 Å². The topological polar surface area (TPSA) is 100 Å². The summed E-state index contributed by atoms with van der Waals surface area (Å²) in [5.74, 6) is -0.525. The molecule has 0 saturated heterocycles. The van der Waals surface area contributed by atoms with Crippen LogP contribution in [0.5, 0.6) is 0 Å². The van der Waals surface area contributed by atoms with E-state index < -0.39 is 18.2 Å². The van der Waals surface area contributed by atoms with Crippen LogP contribution >= 0.6 is 0 Å².